The van der Waals surface area contributed by atoms with Gasteiger partial charge in [-0.1, -0.05) is 18.9 Å². The van der Waals surface area contributed by atoms with Gasteiger partial charge in [0, 0.05) is 29.2 Å². The first kappa shape index (κ1) is 13.1. The molecule has 1 saturated carbocycles. The van der Waals surface area contributed by atoms with Crippen LogP contribution < -0.4 is 11.1 Å². The van der Waals surface area contributed by atoms with Gasteiger partial charge in [0.15, 0.2) is 0 Å². The van der Waals surface area contributed by atoms with Gasteiger partial charge in [0.25, 0.3) is 5.91 Å². The number of hydrogen-bond donors (Lipinski definition) is 2. The Hall–Kier alpha value is -1.94. The molecule has 1 heterocycles. The zero-order valence-electron chi connectivity index (χ0n) is 11.4. The zero-order chi connectivity index (χ0) is 13.9. The summed E-state index contributed by atoms with van der Waals surface area (Å²) in [6, 6.07) is 9.60. The van der Waals surface area contributed by atoms with E-state index in [2.05, 4.69) is 10.3 Å². The number of carbonyl (C=O) groups excluding carboxylic acids is 1. The van der Waals surface area contributed by atoms with E-state index in [1.54, 1.807) is 6.20 Å². The Balaban J connectivity index is 1.78. The predicted octanol–water partition coefficient (Wildman–Crippen LogP) is 2.23. The standard InChI is InChI=1S/C16H19N3O/c17-13-5-1-2-6-15(13)19-16(20)12-7-8-14-11(10-12)4-3-9-18-14/h3-4,7-10,13,15H,1-2,5-6,17H2,(H,19,20). The molecule has 0 spiro atoms. The lowest BCUT2D eigenvalue weighted by atomic mass is 9.91. The topological polar surface area (TPSA) is 68.0 Å². The molecule has 0 radical (unpaired) electrons. The fraction of sp³-hybridized carbons (Fsp3) is 0.375. The van der Waals surface area contributed by atoms with Gasteiger partial charge in [0.1, 0.15) is 0 Å². The predicted molar refractivity (Wildman–Crippen MR) is 79.4 cm³/mol. The number of nitrogens with zero attached hydrogens (tertiary/aromatic N) is 1. The van der Waals surface area contributed by atoms with E-state index in [1.807, 2.05) is 30.3 Å². The summed E-state index contributed by atoms with van der Waals surface area (Å²) in [6.45, 7) is 0. The molecule has 2 unspecified atom stereocenters. The van der Waals surface area contributed by atoms with Crippen LogP contribution in [0.25, 0.3) is 10.9 Å². The summed E-state index contributed by atoms with van der Waals surface area (Å²) in [5, 5.41) is 4.04. The molecular weight excluding hydrogens is 250 g/mol. The first-order valence-electron chi connectivity index (χ1n) is 7.15. The summed E-state index contributed by atoms with van der Waals surface area (Å²) < 4.78 is 0. The van der Waals surface area contributed by atoms with Gasteiger partial charge in [-0.25, -0.2) is 0 Å². The van der Waals surface area contributed by atoms with Gasteiger partial charge >= 0.3 is 0 Å². The quantitative estimate of drug-likeness (QED) is 0.878. The Bertz CT molecular complexity index is 626. The van der Waals surface area contributed by atoms with Crippen LogP contribution in [0.3, 0.4) is 0 Å². The highest BCUT2D eigenvalue weighted by molar-refractivity contribution is 5.98. The van der Waals surface area contributed by atoms with Crippen LogP contribution in [0, 0.1) is 0 Å². The van der Waals surface area contributed by atoms with Crippen LogP contribution in [0.4, 0.5) is 0 Å². The minimum absolute atomic E-state index is 0.0434. The van der Waals surface area contributed by atoms with Gasteiger partial charge in [-0.2, -0.15) is 0 Å². The van der Waals surface area contributed by atoms with Crippen molar-refractivity contribution in [2.24, 2.45) is 5.73 Å². The highest BCUT2D eigenvalue weighted by atomic mass is 16.1. The molecule has 20 heavy (non-hydrogen) atoms. The molecule has 1 aliphatic carbocycles. The van der Waals surface area contributed by atoms with Crippen molar-refractivity contribution in [1.29, 1.82) is 0 Å². The number of hydrogen-bond acceptors (Lipinski definition) is 3. The zero-order valence-corrected chi connectivity index (χ0v) is 11.4. The number of amides is 1. The number of pyridine rings is 1. The lowest BCUT2D eigenvalue weighted by Crippen LogP contribution is -2.49. The van der Waals surface area contributed by atoms with Crippen molar-refractivity contribution >= 4 is 16.8 Å². The summed E-state index contributed by atoms with van der Waals surface area (Å²) in [4.78, 5) is 16.6. The number of carbonyl (C=O) groups is 1. The molecule has 0 aliphatic heterocycles. The average molecular weight is 269 g/mol. The molecule has 3 rings (SSSR count). The van der Waals surface area contributed by atoms with E-state index in [0.717, 1.165) is 36.6 Å². The maximum Gasteiger partial charge on any atom is 0.251 e. The van der Waals surface area contributed by atoms with E-state index in [0.29, 0.717) is 5.56 Å². The van der Waals surface area contributed by atoms with Crippen LogP contribution in [-0.2, 0) is 0 Å². The Morgan fingerprint density at radius 2 is 2.10 bits per heavy atom. The molecule has 1 aliphatic rings. The largest absolute Gasteiger partial charge is 0.348 e. The van der Waals surface area contributed by atoms with E-state index in [9.17, 15) is 4.79 Å². The Labute approximate surface area is 118 Å². The van der Waals surface area contributed by atoms with Crippen LogP contribution in [0.1, 0.15) is 36.0 Å². The van der Waals surface area contributed by atoms with Gasteiger partial charge in [0.2, 0.25) is 0 Å². The number of aromatic nitrogens is 1. The molecule has 1 fully saturated rings. The second-order valence-corrected chi connectivity index (χ2v) is 5.44. The molecule has 0 saturated heterocycles. The fourth-order valence-corrected chi connectivity index (χ4v) is 2.81. The third-order valence-electron chi connectivity index (χ3n) is 4.00. The van der Waals surface area contributed by atoms with Gasteiger partial charge in [-0.15, -0.1) is 0 Å². The Morgan fingerprint density at radius 1 is 1.25 bits per heavy atom. The molecule has 3 N–H and O–H groups in total. The summed E-state index contributed by atoms with van der Waals surface area (Å²) in [6.07, 6.45) is 6.02. The number of rotatable bonds is 2. The lowest BCUT2D eigenvalue weighted by molar-refractivity contribution is 0.0921. The van der Waals surface area contributed by atoms with Crippen LogP contribution in [0.15, 0.2) is 36.5 Å². The molecule has 1 amide bonds. The summed E-state index contributed by atoms with van der Waals surface area (Å²) in [5.74, 6) is -0.0434. The monoisotopic (exact) mass is 269 g/mol. The van der Waals surface area contributed by atoms with Gasteiger partial charge in [-0.05, 0) is 37.1 Å². The number of benzene rings is 1. The van der Waals surface area contributed by atoms with Crippen molar-refractivity contribution in [2.45, 2.75) is 37.8 Å². The molecule has 1 aromatic carbocycles. The van der Waals surface area contributed by atoms with Crippen molar-refractivity contribution in [1.82, 2.24) is 10.3 Å². The summed E-state index contributed by atoms with van der Waals surface area (Å²) in [5.41, 5.74) is 7.64. The van der Waals surface area contributed by atoms with Crippen molar-refractivity contribution in [3.05, 3.63) is 42.1 Å². The smallest absolute Gasteiger partial charge is 0.251 e. The van der Waals surface area contributed by atoms with E-state index in [1.165, 1.54) is 0 Å². The number of nitrogens with two attached hydrogens (primary N) is 1. The van der Waals surface area contributed by atoms with Gasteiger partial charge in [-0.3, -0.25) is 9.78 Å². The molecule has 2 atom stereocenters. The molecule has 4 heteroatoms. The van der Waals surface area contributed by atoms with Crippen LogP contribution >= 0.6 is 0 Å². The van der Waals surface area contributed by atoms with Gasteiger partial charge < -0.3 is 11.1 Å². The molecule has 104 valence electrons. The first-order valence-corrected chi connectivity index (χ1v) is 7.15. The van der Waals surface area contributed by atoms with Crippen molar-refractivity contribution < 1.29 is 4.79 Å². The number of nitrogens with one attached hydrogen (secondary N) is 1. The molecule has 0 bridgehead atoms. The normalized spacial score (nSPS) is 22.6. The highest BCUT2D eigenvalue weighted by Gasteiger charge is 2.23. The Kier molecular flexibility index (Phi) is 3.65. The minimum Gasteiger partial charge on any atom is -0.348 e. The third kappa shape index (κ3) is 2.65. The van der Waals surface area contributed by atoms with Gasteiger partial charge in [0.05, 0.1) is 5.52 Å². The molecular formula is C16H19N3O. The van der Waals surface area contributed by atoms with E-state index in [4.69, 9.17) is 5.73 Å². The summed E-state index contributed by atoms with van der Waals surface area (Å²) in [7, 11) is 0. The lowest BCUT2D eigenvalue weighted by Gasteiger charge is -2.29. The highest BCUT2D eigenvalue weighted by Crippen LogP contribution is 2.18. The maximum absolute atomic E-state index is 12.3. The second-order valence-electron chi connectivity index (χ2n) is 5.44. The first-order chi connectivity index (χ1) is 9.74. The maximum atomic E-state index is 12.3. The molecule has 1 aromatic heterocycles. The van der Waals surface area contributed by atoms with Crippen molar-refractivity contribution in [2.75, 3.05) is 0 Å². The van der Waals surface area contributed by atoms with Crippen molar-refractivity contribution in [3.63, 3.8) is 0 Å². The average Bonchev–Trinajstić information content (AvgIpc) is 2.49. The van der Waals surface area contributed by atoms with E-state index < -0.39 is 0 Å². The SMILES string of the molecule is NC1CCCCC1NC(=O)c1ccc2ncccc2c1. The van der Waals surface area contributed by atoms with Crippen LogP contribution in [-0.4, -0.2) is 23.0 Å². The molecule has 2 aromatic rings. The fourth-order valence-electron chi connectivity index (χ4n) is 2.81. The van der Waals surface area contributed by atoms with E-state index in [-0.39, 0.29) is 18.0 Å². The second kappa shape index (κ2) is 5.59. The summed E-state index contributed by atoms with van der Waals surface area (Å²) >= 11 is 0. The van der Waals surface area contributed by atoms with Crippen molar-refractivity contribution in [3.8, 4) is 0 Å². The van der Waals surface area contributed by atoms with Crippen LogP contribution in [0.2, 0.25) is 0 Å². The Morgan fingerprint density at radius 3 is 2.95 bits per heavy atom. The third-order valence-corrected chi connectivity index (χ3v) is 4.00. The molecule has 4 nitrogen and oxygen atoms in total. The van der Waals surface area contributed by atoms with E-state index >= 15 is 0 Å². The minimum atomic E-state index is -0.0434. The number of fused-ring (bicyclic) bond motifs is 1. The van der Waals surface area contributed by atoms with Crippen LogP contribution in [0.5, 0.6) is 0 Å².